The molecule has 5 aromatic carbocycles. The molecule has 2 nitrogen and oxygen atoms in total. The van der Waals surface area contributed by atoms with E-state index in [0.29, 0.717) is 5.56 Å². The molecule has 2 heteroatoms. The van der Waals surface area contributed by atoms with Gasteiger partial charge in [-0.1, -0.05) is 83.9 Å². The van der Waals surface area contributed by atoms with Crippen molar-refractivity contribution in [2.45, 2.75) is 13.8 Å². The van der Waals surface area contributed by atoms with Crippen molar-refractivity contribution in [1.82, 2.24) is 4.57 Å². The van der Waals surface area contributed by atoms with Gasteiger partial charge in [-0.3, -0.25) is 0 Å². The minimum absolute atomic E-state index is 0.681. The smallest absolute Gasteiger partial charge is 0.0998 e. The zero-order valence-electron chi connectivity index (χ0n) is 19.8. The number of para-hydroxylation sites is 1. The Morgan fingerprint density at radius 3 is 1.63 bits per heavy atom. The van der Waals surface area contributed by atoms with Crippen LogP contribution < -0.4 is 0 Å². The van der Waals surface area contributed by atoms with Crippen molar-refractivity contribution in [3.05, 3.63) is 126 Å². The molecule has 0 aliphatic carbocycles. The first-order valence-electron chi connectivity index (χ1n) is 11.9. The maximum atomic E-state index is 9.77. The van der Waals surface area contributed by atoms with Crippen LogP contribution in [0.3, 0.4) is 0 Å². The van der Waals surface area contributed by atoms with Crippen molar-refractivity contribution in [1.29, 1.82) is 5.26 Å². The number of nitriles is 1. The summed E-state index contributed by atoms with van der Waals surface area (Å²) in [4.78, 5) is 0. The van der Waals surface area contributed by atoms with Crippen molar-refractivity contribution in [2.24, 2.45) is 0 Å². The van der Waals surface area contributed by atoms with Gasteiger partial charge in [0.15, 0.2) is 0 Å². The first-order chi connectivity index (χ1) is 17.2. The molecule has 0 saturated carbocycles. The quantitative estimate of drug-likeness (QED) is 0.266. The summed E-state index contributed by atoms with van der Waals surface area (Å²) >= 11 is 0. The van der Waals surface area contributed by atoms with Gasteiger partial charge in [0.25, 0.3) is 0 Å². The molecular weight excluding hydrogens is 424 g/mol. The van der Waals surface area contributed by atoms with E-state index in [1.54, 1.807) is 0 Å². The summed E-state index contributed by atoms with van der Waals surface area (Å²) in [6.07, 6.45) is 0. The fourth-order valence-corrected chi connectivity index (χ4v) is 5.18. The Morgan fingerprint density at radius 2 is 1.03 bits per heavy atom. The summed E-state index contributed by atoms with van der Waals surface area (Å²) in [6.45, 7) is 4.30. The van der Waals surface area contributed by atoms with E-state index in [1.165, 1.54) is 32.9 Å². The van der Waals surface area contributed by atoms with Crippen LogP contribution in [0.5, 0.6) is 0 Å². The summed E-state index contributed by atoms with van der Waals surface area (Å²) in [5.74, 6) is 0. The van der Waals surface area contributed by atoms with Crippen LogP contribution in [0.25, 0.3) is 49.7 Å². The second-order valence-electron chi connectivity index (χ2n) is 9.10. The Morgan fingerprint density at radius 1 is 0.543 bits per heavy atom. The van der Waals surface area contributed by atoms with Crippen LogP contribution in [-0.2, 0) is 0 Å². The molecule has 0 unspecified atom stereocenters. The average molecular weight is 449 g/mol. The van der Waals surface area contributed by atoms with E-state index in [-0.39, 0.29) is 0 Å². The fraction of sp³-hybridized carbons (Fsp3) is 0.0606. The molecule has 1 aromatic heterocycles. The van der Waals surface area contributed by atoms with Crippen LogP contribution in [-0.4, -0.2) is 4.57 Å². The van der Waals surface area contributed by atoms with Crippen LogP contribution in [0.15, 0.2) is 109 Å². The number of fused-ring (bicyclic) bond motifs is 3. The molecule has 1 heterocycles. The monoisotopic (exact) mass is 448 g/mol. The number of rotatable bonds is 3. The molecule has 35 heavy (non-hydrogen) atoms. The molecule has 6 rings (SSSR count). The highest BCUT2D eigenvalue weighted by molar-refractivity contribution is 6.10. The molecule has 0 aliphatic rings. The minimum Gasteiger partial charge on any atom is -0.309 e. The molecule has 0 N–H and O–H groups in total. The van der Waals surface area contributed by atoms with E-state index < -0.39 is 0 Å². The van der Waals surface area contributed by atoms with Gasteiger partial charge in [0.1, 0.15) is 0 Å². The summed E-state index contributed by atoms with van der Waals surface area (Å²) in [5.41, 5.74) is 11.0. The molecule has 0 fully saturated rings. The van der Waals surface area contributed by atoms with E-state index in [0.717, 1.165) is 27.9 Å². The topological polar surface area (TPSA) is 28.7 Å². The van der Waals surface area contributed by atoms with Gasteiger partial charge in [-0.25, -0.2) is 0 Å². The van der Waals surface area contributed by atoms with Gasteiger partial charge in [-0.05, 0) is 61.4 Å². The zero-order valence-corrected chi connectivity index (χ0v) is 19.8. The Bertz CT molecular complexity index is 1720. The lowest BCUT2D eigenvalue weighted by molar-refractivity contribution is 1.18. The van der Waals surface area contributed by atoms with E-state index >= 15 is 0 Å². The van der Waals surface area contributed by atoms with E-state index in [4.69, 9.17) is 0 Å². The lowest BCUT2D eigenvalue weighted by Gasteiger charge is -2.17. The number of nitrogens with zero attached hydrogens (tertiary/aromatic N) is 2. The van der Waals surface area contributed by atoms with E-state index in [9.17, 15) is 5.26 Å². The van der Waals surface area contributed by atoms with Crippen molar-refractivity contribution in [2.75, 3.05) is 0 Å². The lowest BCUT2D eigenvalue weighted by Crippen LogP contribution is -1.98. The van der Waals surface area contributed by atoms with Crippen LogP contribution in [0.4, 0.5) is 0 Å². The normalized spacial score (nSPS) is 11.1. The number of aryl methyl sites for hydroxylation is 2. The third-order valence-electron chi connectivity index (χ3n) is 6.78. The molecular formula is C33H24N2. The van der Waals surface area contributed by atoms with Gasteiger partial charge in [-0.2, -0.15) is 5.26 Å². The average Bonchev–Trinajstić information content (AvgIpc) is 3.21. The molecule has 0 atom stereocenters. The van der Waals surface area contributed by atoms with Crippen LogP contribution in [0.1, 0.15) is 16.7 Å². The van der Waals surface area contributed by atoms with Gasteiger partial charge in [-0.15, -0.1) is 0 Å². The summed E-state index contributed by atoms with van der Waals surface area (Å²) in [5, 5.41) is 12.3. The van der Waals surface area contributed by atoms with Gasteiger partial charge in [0.2, 0.25) is 0 Å². The predicted octanol–water partition coefficient (Wildman–Crippen LogP) is 8.61. The number of hydrogen-bond acceptors (Lipinski definition) is 1. The van der Waals surface area contributed by atoms with E-state index in [2.05, 4.69) is 103 Å². The first kappa shape index (κ1) is 21.0. The van der Waals surface area contributed by atoms with Gasteiger partial charge >= 0.3 is 0 Å². The molecule has 0 spiro atoms. The highest BCUT2D eigenvalue weighted by Crippen LogP contribution is 2.40. The van der Waals surface area contributed by atoms with Crippen LogP contribution >= 0.6 is 0 Å². The number of aromatic nitrogens is 1. The molecule has 0 amide bonds. The SMILES string of the molecule is Cc1ccc2c(c1)c1cc(C)ccc1n2-c1ccccc1-c1ccccc1-c1ccccc1C#N. The predicted molar refractivity (Wildman–Crippen MR) is 146 cm³/mol. The maximum absolute atomic E-state index is 9.77. The second kappa shape index (κ2) is 8.31. The van der Waals surface area contributed by atoms with Crippen molar-refractivity contribution in [3.63, 3.8) is 0 Å². The minimum atomic E-state index is 0.681. The first-order valence-corrected chi connectivity index (χ1v) is 11.9. The Labute approximate surface area is 205 Å². The van der Waals surface area contributed by atoms with Crippen LogP contribution in [0.2, 0.25) is 0 Å². The van der Waals surface area contributed by atoms with Crippen molar-refractivity contribution < 1.29 is 0 Å². The molecule has 0 aliphatic heterocycles. The van der Waals surface area contributed by atoms with E-state index in [1.807, 2.05) is 30.3 Å². The van der Waals surface area contributed by atoms with Gasteiger partial charge in [0, 0.05) is 21.9 Å². The number of hydrogen-bond donors (Lipinski definition) is 0. The zero-order chi connectivity index (χ0) is 23.9. The summed E-state index contributed by atoms with van der Waals surface area (Å²) < 4.78 is 2.38. The number of benzene rings is 5. The van der Waals surface area contributed by atoms with Gasteiger partial charge in [0.05, 0.1) is 28.4 Å². The van der Waals surface area contributed by atoms with Gasteiger partial charge < -0.3 is 4.57 Å². The molecule has 0 bridgehead atoms. The third-order valence-corrected chi connectivity index (χ3v) is 6.78. The summed E-state index contributed by atoms with van der Waals surface area (Å²) in [6, 6.07) is 40.6. The third kappa shape index (κ3) is 3.41. The Balaban J connectivity index is 1.69. The van der Waals surface area contributed by atoms with Crippen molar-refractivity contribution >= 4 is 21.8 Å². The highest BCUT2D eigenvalue weighted by atomic mass is 15.0. The Kier molecular flexibility index (Phi) is 4.98. The molecule has 0 radical (unpaired) electrons. The highest BCUT2D eigenvalue weighted by Gasteiger charge is 2.18. The molecule has 166 valence electrons. The van der Waals surface area contributed by atoms with Crippen molar-refractivity contribution in [3.8, 4) is 34.0 Å². The maximum Gasteiger partial charge on any atom is 0.0998 e. The molecule has 0 saturated heterocycles. The Hall–Kier alpha value is -4.61. The lowest BCUT2D eigenvalue weighted by atomic mass is 9.91. The standard InChI is InChI=1S/C33H24N2/c1-22-15-17-32-29(19-22)30-20-23(2)16-18-33(30)35(32)31-14-8-7-13-28(31)27-12-6-5-11-26(27)25-10-4-3-9-24(25)21-34/h3-20H,1-2H3. The van der Waals surface area contributed by atoms with Crippen LogP contribution in [0, 0.1) is 25.2 Å². The summed E-state index contributed by atoms with van der Waals surface area (Å²) in [7, 11) is 0. The fourth-order valence-electron chi connectivity index (χ4n) is 5.18. The second-order valence-corrected chi connectivity index (χ2v) is 9.10. The molecule has 6 aromatic rings. The largest absolute Gasteiger partial charge is 0.309 e.